The molecule has 2 heterocycles. The normalized spacial score (nSPS) is 26.2. The van der Waals surface area contributed by atoms with Crippen LogP contribution >= 0.6 is 0 Å². The van der Waals surface area contributed by atoms with E-state index in [2.05, 4.69) is 5.32 Å². The predicted octanol–water partition coefficient (Wildman–Crippen LogP) is 6.52. The Morgan fingerprint density at radius 3 is 1.31 bits per heavy atom. The maximum absolute atomic E-state index is 12.8. The summed E-state index contributed by atoms with van der Waals surface area (Å²) in [5, 5.41) is 15.4. The highest BCUT2D eigenvalue weighted by atomic mass is 16.7. The van der Waals surface area contributed by atoms with Crippen LogP contribution in [0.3, 0.4) is 0 Å². The van der Waals surface area contributed by atoms with Crippen molar-refractivity contribution in [2.75, 3.05) is 20.3 Å². The molecule has 0 bridgehead atoms. The Bertz CT molecular complexity index is 2010. The summed E-state index contributed by atoms with van der Waals surface area (Å²) in [5.74, 6) is -0.316. The number of nitrogens with one attached hydrogen (secondary N) is 1. The van der Waals surface area contributed by atoms with Crippen LogP contribution in [-0.2, 0) is 80.5 Å². The van der Waals surface area contributed by atoms with Crippen molar-refractivity contribution in [3.63, 3.8) is 0 Å². The second-order valence-electron chi connectivity index (χ2n) is 15.4. The van der Waals surface area contributed by atoms with Gasteiger partial charge in [0.05, 0.1) is 46.2 Å². The topological polar surface area (TPSA) is 132 Å². The van der Waals surface area contributed by atoms with Crippen LogP contribution in [-0.4, -0.2) is 92.7 Å². The number of amides is 1. The average Bonchev–Trinajstić information content (AvgIpc) is 3.31. The van der Waals surface area contributed by atoms with Crippen LogP contribution in [0.25, 0.3) is 0 Å². The molecule has 5 aromatic carbocycles. The van der Waals surface area contributed by atoms with E-state index in [0.29, 0.717) is 13.2 Å². The number of ether oxygens (including phenoxy) is 9. The molecule has 2 fully saturated rings. The maximum atomic E-state index is 12.8. The Hall–Kier alpha value is -4.83. The van der Waals surface area contributed by atoms with Gasteiger partial charge in [-0.25, -0.2) is 0 Å². The summed E-state index contributed by atoms with van der Waals surface area (Å²) in [6.45, 7) is 2.78. The summed E-state index contributed by atoms with van der Waals surface area (Å²) in [5.41, 5.74) is 4.72. The molecular formula is C50H57NO11. The molecule has 12 nitrogen and oxygen atoms in total. The SMILES string of the molecule is CO[C@H]1O[C@@H](COCc2ccccc2)[C@H](O[C@H]2O[C@@H](COCc3ccccc3)[C@@H](OCc3ccccc3)[C@@H](OCc3ccccc3)[C@@H]2O)[C@@H](OCc2ccccc2)[C@@H]1NC(C)=O. The third-order valence-electron chi connectivity index (χ3n) is 10.8. The van der Waals surface area contributed by atoms with E-state index in [-0.39, 0.29) is 38.9 Å². The lowest BCUT2D eigenvalue weighted by Crippen LogP contribution is -2.68. The van der Waals surface area contributed by atoms with E-state index in [1.165, 1.54) is 14.0 Å². The number of aliphatic hydroxyl groups excluding tert-OH is 1. The number of hydrogen-bond donors (Lipinski definition) is 2. The number of aliphatic hydroxyl groups is 1. The zero-order chi connectivity index (χ0) is 42.9. The van der Waals surface area contributed by atoms with Gasteiger partial charge in [-0.3, -0.25) is 4.79 Å². The third-order valence-corrected chi connectivity index (χ3v) is 10.8. The van der Waals surface area contributed by atoms with Crippen LogP contribution in [0.2, 0.25) is 0 Å². The van der Waals surface area contributed by atoms with E-state index in [4.69, 9.17) is 42.6 Å². The molecule has 7 rings (SSSR count). The monoisotopic (exact) mass is 847 g/mol. The third kappa shape index (κ3) is 12.9. The van der Waals surface area contributed by atoms with Gasteiger partial charge in [-0.2, -0.15) is 0 Å². The van der Waals surface area contributed by atoms with Crippen LogP contribution in [0.5, 0.6) is 0 Å². The standard InChI is InChI=1S/C50H57NO11/c1-35(52)51-43-47(58-31-39-24-14-6-15-25-39)46(42(60-49(43)54-2)34-56-29-37-20-10-4-11-21-37)62-50-44(53)48(59-32-40-26-16-7-17-27-40)45(57-30-38-22-12-5-13-23-38)41(61-50)33-55-28-36-18-8-3-9-19-36/h3-27,41-50,53H,28-34H2,1-2H3,(H,51,52)/t41-,42-,43-,44-,45+,46-,47-,48-,49-,50+/m0/s1. The van der Waals surface area contributed by atoms with E-state index < -0.39 is 61.3 Å². The summed E-state index contributed by atoms with van der Waals surface area (Å²) in [4.78, 5) is 12.8. The van der Waals surface area contributed by atoms with Crippen molar-refractivity contribution in [3.8, 4) is 0 Å². The molecule has 0 aliphatic carbocycles. The van der Waals surface area contributed by atoms with Gasteiger partial charge in [0, 0.05) is 14.0 Å². The smallest absolute Gasteiger partial charge is 0.217 e. The average molecular weight is 848 g/mol. The molecule has 12 heteroatoms. The van der Waals surface area contributed by atoms with Crippen molar-refractivity contribution in [2.24, 2.45) is 0 Å². The Balaban J connectivity index is 1.21. The number of carbonyl (C=O) groups excluding carboxylic acids is 1. The first kappa shape index (κ1) is 45.2. The first-order valence-electron chi connectivity index (χ1n) is 21.1. The van der Waals surface area contributed by atoms with Crippen molar-refractivity contribution in [1.82, 2.24) is 5.32 Å². The first-order chi connectivity index (χ1) is 30.4. The minimum absolute atomic E-state index is 0.0561. The second-order valence-corrected chi connectivity index (χ2v) is 15.4. The van der Waals surface area contributed by atoms with Gasteiger partial charge in [0.2, 0.25) is 5.91 Å². The van der Waals surface area contributed by atoms with E-state index in [1.807, 2.05) is 152 Å². The number of rotatable bonds is 21. The number of methoxy groups -OCH3 is 1. The lowest BCUT2D eigenvalue weighted by Gasteiger charge is -2.49. The quantitative estimate of drug-likeness (QED) is 0.0837. The highest BCUT2D eigenvalue weighted by Gasteiger charge is 2.53. The molecule has 0 spiro atoms. The van der Waals surface area contributed by atoms with Crippen LogP contribution in [0.15, 0.2) is 152 Å². The highest BCUT2D eigenvalue weighted by molar-refractivity contribution is 5.73. The largest absolute Gasteiger partial charge is 0.385 e. The maximum Gasteiger partial charge on any atom is 0.217 e. The lowest BCUT2D eigenvalue weighted by molar-refractivity contribution is -0.359. The summed E-state index contributed by atoms with van der Waals surface area (Å²) in [6.07, 6.45) is -8.76. The minimum Gasteiger partial charge on any atom is -0.385 e. The van der Waals surface area contributed by atoms with E-state index in [0.717, 1.165) is 27.8 Å². The summed E-state index contributed by atoms with van der Waals surface area (Å²) in [7, 11) is 1.51. The van der Waals surface area contributed by atoms with Gasteiger partial charge in [0.15, 0.2) is 12.6 Å². The summed E-state index contributed by atoms with van der Waals surface area (Å²) >= 11 is 0. The molecule has 10 atom stereocenters. The molecule has 0 radical (unpaired) electrons. The molecule has 2 aliphatic heterocycles. The van der Waals surface area contributed by atoms with Gasteiger partial charge in [-0.15, -0.1) is 0 Å². The van der Waals surface area contributed by atoms with Crippen molar-refractivity contribution >= 4 is 5.91 Å². The van der Waals surface area contributed by atoms with Crippen LogP contribution in [0, 0.1) is 0 Å². The van der Waals surface area contributed by atoms with E-state index in [1.54, 1.807) is 0 Å². The molecule has 2 N–H and O–H groups in total. The molecule has 2 saturated heterocycles. The zero-order valence-electron chi connectivity index (χ0n) is 35.2. The van der Waals surface area contributed by atoms with Crippen LogP contribution in [0.4, 0.5) is 0 Å². The van der Waals surface area contributed by atoms with Gasteiger partial charge < -0.3 is 53.1 Å². The molecule has 2 aliphatic rings. The molecule has 0 saturated carbocycles. The molecular weight excluding hydrogens is 791 g/mol. The Morgan fingerprint density at radius 2 is 0.887 bits per heavy atom. The van der Waals surface area contributed by atoms with Crippen molar-refractivity contribution in [2.45, 2.75) is 101 Å². The summed E-state index contributed by atoms with van der Waals surface area (Å²) < 4.78 is 58.6. The molecule has 328 valence electrons. The Labute approximate surface area is 363 Å². The molecule has 5 aromatic rings. The Kier molecular flexibility index (Phi) is 17.2. The fraction of sp³-hybridized carbons (Fsp3) is 0.380. The fourth-order valence-electron chi connectivity index (χ4n) is 7.71. The van der Waals surface area contributed by atoms with Gasteiger partial charge in [-0.1, -0.05) is 152 Å². The second kappa shape index (κ2) is 23.6. The number of hydrogen-bond acceptors (Lipinski definition) is 11. The summed E-state index contributed by atoms with van der Waals surface area (Å²) in [6, 6.07) is 48.0. The van der Waals surface area contributed by atoms with E-state index >= 15 is 0 Å². The highest BCUT2D eigenvalue weighted by Crippen LogP contribution is 2.34. The minimum atomic E-state index is -1.37. The molecule has 1 amide bonds. The number of carbonyl (C=O) groups is 1. The lowest BCUT2D eigenvalue weighted by atomic mass is 9.94. The van der Waals surface area contributed by atoms with E-state index in [9.17, 15) is 9.90 Å². The molecule has 0 unspecified atom stereocenters. The molecule has 0 aromatic heterocycles. The van der Waals surface area contributed by atoms with Crippen molar-refractivity contribution < 1.29 is 52.5 Å². The predicted molar refractivity (Wildman–Crippen MR) is 230 cm³/mol. The first-order valence-corrected chi connectivity index (χ1v) is 21.1. The van der Waals surface area contributed by atoms with Crippen molar-refractivity contribution in [3.05, 3.63) is 179 Å². The molecule has 62 heavy (non-hydrogen) atoms. The Morgan fingerprint density at radius 1 is 0.516 bits per heavy atom. The van der Waals surface area contributed by atoms with Crippen LogP contribution in [0.1, 0.15) is 34.7 Å². The number of benzene rings is 5. The van der Waals surface area contributed by atoms with Gasteiger partial charge >= 0.3 is 0 Å². The fourth-order valence-corrected chi connectivity index (χ4v) is 7.71. The van der Waals surface area contributed by atoms with Crippen LogP contribution < -0.4 is 5.32 Å². The van der Waals surface area contributed by atoms with Crippen molar-refractivity contribution in [1.29, 1.82) is 0 Å². The zero-order valence-corrected chi connectivity index (χ0v) is 35.2. The van der Waals surface area contributed by atoms with Gasteiger partial charge in [0.25, 0.3) is 0 Å². The van der Waals surface area contributed by atoms with Gasteiger partial charge in [-0.05, 0) is 27.8 Å². The van der Waals surface area contributed by atoms with Gasteiger partial charge in [0.1, 0.15) is 48.8 Å².